The van der Waals surface area contributed by atoms with E-state index in [1.165, 1.54) is 0 Å². The number of hydrogen-bond acceptors (Lipinski definition) is 4. The summed E-state index contributed by atoms with van der Waals surface area (Å²) in [6.45, 7) is 2.00. The summed E-state index contributed by atoms with van der Waals surface area (Å²) >= 11 is 0. The van der Waals surface area contributed by atoms with Crippen molar-refractivity contribution in [3.05, 3.63) is 29.6 Å². The first kappa shape index (κ1) is 14.2. The van der Waals surface area contributed by atoms with Gasteiger partial charge in [-0.05, 0) is 24.5 Å². The molecule has 3 N–H and O–H groups in total. The van der Waals surface area contributed by atoms with Gasteiger partial charge in [0, 0.05) is 24.2 Å². The van der Waals surface area contributed by atoms with Crippen molar-refractivity contribution in [1.29, 1.82) is 0 Å². The summed E-state index contributed by atoms with van der Waals surface area (Å²) in [7, 11) is 0. The van der Waals surface area contributed by atoms with Crippen LogP contribution in [0.25, 0.3) is 11.0 Å². The molecule has 114 valence electrons. The molecule has 1 aliphatic rings. The highest BCUT2D eigenvalue weighted by Crippen LogP contribution is 2.21. The Labute approximate surface area is 126 Å². The molecule has 3 amide bonds. The van der Waals surface area contributed by atoms with E-state index in [-0.39, 0.29) is 18.2 Å². The second-order valence-electron chi connectivity index (χ2n) is 5.23. The van der Waals surface area contributed by atoms with Crippen molar-refractivity contribution in [2.75, 3.05) is 0 Å². The molecule has 22 heavy (non-hydrogen) atoms. The number of carbonyl (C=O) groups excluding carboxylic acids is 3. The summed E-state index contributed by atoms with van der Waals surface area (Å²) in [5.41, 5.74) is 2.12. The summed E-state index contributed by atoms with van der Waals surface area (Å²) in [4.78, 5) is 42.5. The number of amides is 3. The lowest BCUT2D eigenvalue weighted by Crippen LogP contribution is -2.52. The minimum absolute atomic E-state index is 0.229. The summed E-state index contributed by atoms with van der Waals surface area (Å²) < 4.78 is 0. The quantitative estimate of drug-likeness (QED) is 0.724. The maximum Gasteiger partial charge on any atom is 0.254 e. The minimum atomic E-state index is -0.683. The van der Waals surface area contributed by atoms with Crippen molar-refractivity contribution in [3.63, 3.8) is 0 Å². The Morgan fingerprint density at radius 3 is 3.00 bits per heavy atom. The zero-order valence-corrected chi connectivity index (χ0v) is 12.1. The van der Waals surface area contributed by atoms with Crippen molar-refractivity contribution in [2.24, 2.45) is 0 Å². The number of pyridine rings is 1. The summed E-state index contributed by atoms with van der Waals surface area (Å²) in [5.74, 6) is -1.11. The van der Waals surface area contributed by atoms with Crippen LogP contribution in [0, 0.1) is 0 Å². The fourth-order valence-electron chi connectivity index (χ4n) is 2.67. The number of imide groups is 1. The molecule has 1 atom stereocenters. The van der Waals surface area contributed by atoms with Gasteiger partial charge in [0.05, 0.1) is 5.56 Å². The van der Waals surface area contributed by atoms with Crippen molar-refractivity contribution >= 4 is 28.8 Å². The van der Waals surface area contributed by atoms with E-state index in [0.717, 1.165) is 17.4 Å². The van der Waals surface area contributed by atoms with Crippen LogP contribution in [0.3, 0.4) is 0 Å². The fourth-order valence-corrected chi connectivity index (χ4v) is 2.67. The van der Waals surface area contributed by atoms with Gasteiger partial charge in [0.15, 0.2) is 0 Å². The van der Waals surface area contributed by atoms with Gasteiger partial charge >= 0.3 is 0 Å². The molecule has 0 bridgehead atoms. The van der Waals surface area contributed by atoms with Crippen LogP contribution in [0.15, 0.2) is 18.5 Å². The lowest BCUT2D eigenvalue weighted by molar-refractivity contribution is -0.134. The normalized spacial score (nSPS) is 18.3. The number of aromatic nitrogens is 2. The third-order valence-electron chi connectivity index (χ3n) is 3.83. The van der Waals surface area contributed by atoms with Crippen molar-refractivity contribution < 1.29 is 14.4 Å². The van der Waals surface area contributed by atoms with Gasteiger partial charge in [0.1, 0.15) is 11.7 Å². The van der Waals surface area contributed by atoms with Gasteiger partial charge in [-0.15, -0.1) is 0 Å². The highest BCUT2D eigenvalue weighted by molar-refractivity contribution is 6.09. The van der Waals surface area contributed by atoms with Crippen LogP contribution >= 0.6 is 0 Å². The fraction of sp³-hybridized carbons (Fsp3) is 0.333. The molecular formula is C15H16N4O3. The number of rotatable bonds is 3. The predicted molar refractivity (Wildman–Crippen MR) is 79.1 cm³/mol. The smallest absolute Gasteiger partial charge is 0.254 e. The Kier molecular flexibility index (Phi) is 3.62. The molecule has 2 aromatic rings. The maximum atomic E-state index is 12.5. The van der Waals surface area contributed by atoms with Gasteiger partial charge < -0.3 is 10.3 Å². The van der Waals surface area contributed by atoms with E-state index >= 15 is 0 Å². The van der Waals surface area contributed by atoms with E-state index in [4.69, 9.17) is 0 Å². The Bertz CT molecular complexity index is 765. The van der Waals surface area contributed by atoms with Crippen LogP contribution in [0.1, 0.15) is 35.7 Å². The van der Waals surface area contributed by atoms with Gasteiger partial charge in [-0.2, -0.15) is 0 Å². The zero-order chi connectivity index (χ0) is 15.7. The number of aromatic amines is 1. The van der Waals surface area contributed by atoms with Gasteiger partial charge in [-0.25, -0.2) is 4.98 Å². The number of carbonyl (C=O) groups is 3. The third kappa shape index (κ3) is 2.45. The molecule has 3 rings (SSSR count). The number of H-pyrrole nitrogens is 1. The molecule has 0 saturated carbocycles. The molecule has 1 saturated heterocycles. The van der Waals surface area contributed by atoms with Crippen molar-refractivity contribution in [3.8, 4) is 0 Å². The SMILES string of the molecule is CCc1ccnc2[nH]cc(C(=O)NC3CCC(=O)NC3=O)c12. The second kappa shape index (κ2) is 5.59. The largest absolute Gasteiger partial charge is 0.345 e. The zero-order valence-electron chi connectivity index (χ0n) is 12.1. The molecule has 0 aromatic carbocycles. The van der Waals surface area contributed by atoms with Crippen LogP contribution in [0.4, 0.5) is 0 Å². The number of piperidine rings is 1. The predicted octanol–water partition coefficient (Wildman–Crippen LogP) is 0.660. The standard InChI is InChI=1S/C15H16N4O3/c1-2-8-5-6-16-13-12(8)9(7-17-13)14(21)18-10-3-4-11(20)19-15(10)22/h5-7,10H,2-4H2,1H3,(H,16,17)(H,18,21)(H,19,20,22). The number of fused-ring (bicyclic) bond motifs is 1. The maximum absolute atomic E-state index is 12.5. The lowest BCUT2D eigenvalue weighted by Gasteiger charge is -2.21. The summed E-state index contributed by atoms with van der Waals surface area (Å²) in [6.07, 6.45) is 4.61. The Morgan fingerprint density at radius 2 is 2.27 bits per heavy atom. The Balaban J connectivity index is 1.87. The van der Waals surface area contributed by atoms with Crippen LogP contribution < -0.4 is 10.6 Å². The molecule has 0 spiro atoms. The Hall–Kier alpha value is -2.70. The number of nitrogens with zero attached hydrogens (tertiary/aromatic N) is 1. The number of hydrogen-bond donors (Lipinski definition) is 3. The lowest BCUT2D eigenvalue weighted by atomic mass is 10.0. The van der Waals surface area contributed by atoms with Crippen molar-refractivity contribution in [1.82, 2.24) is 20.6 Å². The van der Waals surface area contributed by atoms with E-state index in [1.54, 1.807) is 12.4 Å². The first-order valence-electron chi connectivity index (χ1n) is 7.19. The van der Waals surface area contributed by atoms with Crippen LogP contribution in [-0.4, -0.2) is 33.7 Å². The highest BCUT2D eigenvalue weighted by Gasteiger charge is 2.28. The molecule has 7 heteroatoms. The molecular weight excluding hydrogens is 284 g/mol. The average Bonchev–Trinajstić information content (AvgIpc) is 2.94. The van der Waals surface area contributed by atoms with Crippen LogP contribution in [-0.2, 0) is 16.0 Å². The first-order valence-corrected chi connectivity index (χ1v) is 7.19. The molecule has 1 fully saturated rings. The number of aryl methyl sites for hydroxylation is 1. The average molecular weight is 300 g/mol. The molecule has 1 unspecified atom stereocenters. The van der Waals surface area contributed by atoms with E-state index < -0.39 is 11.9 Å². The van der Waals surface area contributed by atoms with E-state index in [2.05, 4.69) is 20.6 Å². The van der Waals surface area contributed by atoms with E-state index in [1.807, 2.05) is 13.0 Å². The monoisotopic (exact) mass is 300 g/mol. The topological polar surface area (TPSA) is 104 Å². The van der Waals surface area contributed by atoms with Crippen molar-refractivity contribution in [2.45, 2.75) is 32.2 Å². The summed E-state index contributed by atoms with van der Waals surface area (Å²) in [6, 6.07) is 1.19. The van der Waals surface area contributed by atoms with Gasteiger partial charge in [-0.3, -0.25) is 19.7 Å². The van der Waals surface area contributed by atoms with Crippen LogP contribution in [0.5, 0.6) is 0 Å². The number of nitrogens with one attached hydrogen (secondary N) is 3. The minimum Gasteiger partial charge on any atom is -0.345 e. The van der Waals surface area contributed by atoms with Gasteiger partial charge in [-0.1, -0.05) is 6.92 Å². The first-order chi connectivity index (χ1) is 10.6. The highest BCUT2D eigenvalue weighted by atomic mass is 16.2. The molecule has 3 heterocycles. The van der Waals surface area contributed by atoms with Gasteiger partial charge in [0.25, 0.3) is 5.91 Å². The third-order valence-corrected chi connectivity index (χ3v) is 3.83. The molecule has 7 nitrogen and oxygen atoms in total. The Morgan fingerprint density at radius 1 is 1.45 bits per heavy atom. The molecule has 2 aromatic heterocycles. The van der Waals surface area contributed by atoms with Crippen LogP contribution in [0.2, 0.25) is 0 Å². The summed E-state index contributed by atoms with van der Waals surface area (Å²) in [5, 5.41) is 5.68. The van der Waals surface area contributed by atoms with E-state index in [0.29, 0.717) is 17.6 Å². The van der Waals surface area contributed by atoms with Gasteiger partial charge in [0.2, 0.25) is 11.8 Å². The second-order valence-corrected chi connectivity index (χ2v) is 5.23. The molecule has 0 aliphatic carbocycles. The van der Waals surface area contributed by atoms with E-state index in [9.17, 15) is 14.4 Å². The molecule has 1 aliphatic heterocycles. The molecule has 0 radical (unpaired) electrons.